The van der Waals surface area contributed by atoms with Crippen molar-refractivity contribution in [2.24, 2.45) is 0 Å². The molecule has 1 aromatic rings. The van der Waals surface area contributed by atoms with Crippen molar-refractivity contribution in [3.8, 4) is 12.3 Å². The van der Waals surface area contributed by atoms with Crippen molar-refractivity contribution in [1.82, 2.24) is 9.57 Å². The molecule has 0 radical (unpaired) electrons. The summed E-state index contributed by atoms with van der Waals surface area (Å²) in [6.07, 6.45) is 5.21. The average Bonchev–Trinajstić information content (AvgIpc) is 3.33. The van der Waals surface area contributed by atoms with Crippen molar-refractivity contribution >= 4 is 47.6 Å². The van der Waals surface area contributed by atoms with Crippen molar-refractivity contribution in [3.05, 3.63) is 47.7 Å². The van der Waals surface area contributed by atoms with Crippen LogP contribution in [0.5, 0.6) is 0 Å². The highest BCUT2D eigenvalue weighted by Gasteiger charge is 2.50. The molecule has 0 saturated carbocycles. The lowest BCUT2D eigenvalue weighted by molar-refractivity contribution is -0.145. The van der Waals surface area contributed by atoms with Gasteiger partial charge in [-0.2, -0.15) is 0 Å². The lowest BCUT2D eigenvalue weighted by atomic mass is 10.0. The van der Waals surface area contributed by atoms with E-state index in [1.165, 1.54) is 17.8 Å². The first kappa shape index (κ1) is 38.0. The van der Waals surface area contributed by atoms with Gasteiger partial charge in [0, 0.05) is 49.4 Å². The number of allylic oxidation sites excluding steroid dienone is 1. The van der Waals surface area contributed by atoms with Crippen LogP contribution in [0.1, 0.15) is 93.0 Å². The molecule has 1 saturated heterocycles. The van der Waals surface area contributed by atoms with Crippen LogP contribution in [0.4, 0.5) is 4.39 Å². The zero-order chi connectivity index (χ0) is 35.4. The number of hydrogen-bond acceptors (Lipinski definition) is 9. The van der Waals surface area contributed by atoms with Crippen LogP contribution in [0.15, 0.2) is 36.5 Å². The molecule has 2 aliphatic rings. The summed E-state index contributed by atoms with van der Waals surface area (Å²) in [6, 6.07) is 8.27. The molecule has 2 heterocycles. The first-order chi connectivity index (χ1) is 22.8. The van der Waals surface area contributed by atoms with Crippen molar-refractivity contribution in [2.75, 3.05) is 6.61 Å². The zero-order valence-electron chi connectivity index (χ0n) is 29.4. The van der Waals surface area contributed by atoms with Crippen LogP contribution in [0.25, 0.3) is 0 Å². The molecule has 0 N–H and O–H groups in total. The van der Waals surface area contributed by atoms with E-state index in [-0.39, 0.29) is 41.7 Å². The molecular formula is C35H50FN2O6PS2. The Kier molecular flexibility index (Phi) is 15.3. The van der Waals surface area contributed by atoms with Crippen LogP contribution in [0, 0.1) is 12.3 Å². The summed E-state index contributed by atoms with van der Waals surface area (Å²) in [6.45, 7) is 12.5. The molecular weight excluding hydrogens is 658 g/mol. The monoisotopic (exact) mass is 709 g/mol. The predicted molar refractivity (Wildman–Crippen MR) is 190 cm³/mol. The number of rotatable bonds is 19. The predicted octanol–water partition coefficient (Wildman–Crippen LogP) is 7.80. The summed E-state index contributed by atoms with van der Waals surface area (Å²) in [4.78, 5) is 37.4. The molecule has 12 heteroatoms. The highest BCUT2D eigenvalue weighted by molar-refractivity contribution is 8.76. The molecule has 0 bridgehead atoms. The summed E-state index contributed by atoms with van der Waals surface area (Å²) >= 11 is 0. The van der Waals surface area contributed by atoms with Crippen molar-refractivity contribution < 1.29 is 33.9 Å². The summed E-state index contributed by atoms with van der Waals surface area (Å²) in [5.41, 5.74) is 2.34. The Balaban J connectivity index is 1.65. The maximum atomic E-state index is 16.0. The third kappa shape index (κ3) is 12.0. The third-order valence-corrected chi connectivity index (χ3v) is 13.2. The van der Waals surface area contributed by atoms with Gasteiger partial charge in [-0.1, -0.05) is 45.9 Å². The minimum absolute atomic E-state index is 0.0241. The standard InChI is InChI=1S/C35H50FN2O6PS2/c1-9-10-15-29(39)16-19-35(7,8)47-46-23-28-14-12-11-13-27(28)18-21-42-45(38(24(2)3)25(4)5)44-33-26(6)43-34(32(33)36)37-20-17-30(40)22-31(37)41/h1,11-14,17,20,24-26,32-34H,10,15-16,18-19,21-23H2,2-8H3/i6D. The Morgan fingerprint density at radius 2 is 1.94 bits per heavy atom. The van der Waals surface area contributed by atoms with Gasteiger partial charge in [-0.05, 0) is 78.5 Å². The van der Waals surface area contributed by atoms with E-state index in [9.17, 15) is 14.4 Å². The van der Waals surface area contributed by atoms with Crippen LogP contribution in [0.3, 0.4) is 0 Å². The molecule has 0 aromatic heterocycles. The molecule has 2 aliphatic heterocycles. The lowest BCUT2D eigenvalue weighted by Gasteiger charge is -2.37. The molecule has 260 valence electrons. The number of alkyl halides is 1. The van der Waals surface area contributed by atoms with Crippen LogP contribution in [-0.4, -0.2) is 75.1 Å². The fourth-order valence-electron chi connectivity index (χ4n) is 5.29. The van der Waals surface area contributed by atoms with Gasteiger partial charge in [0.05, 0.1) is 19.1 Å². The van der Waals surface area contributed by atoms with E-state index in [0.29, 0.717) is 32.3 Å². The second-order valence-corrected chi connectivity index (χ2v) is 17.3. The van der Waals surface area contributed by atoms with Gasteiger partial charge in [-0.15, -0.1) is 12.3 Å². The van der Waals surface area contributed by atoms with Crippen molar-refractivity contribution in [1.29, 1.82) is 0 Å². The summed E-state index contributed by atoms with van der Waals surface area (Å²) < 4.78 is 44.7. The van der Waals surface area contributed by atoms with E-state index in [1.807, 2.05) is 39.8 Å². The SMILES string of the molecule is [2H]CC1OC(N2C=CC(=O)CC2=O)C(F)C1OP(OCCc1ccccc1CSSC(C)(C)CCC(=O)CCC#C)N(C(C)C)C(C)C. The average molecular weight is 710 g/mol. The van der Waals surface area contributed by atoms with Gasteiger partial charge in [0.15, 0.2) is 18.2 Å². The fraction of sp³-hybridized carbons (Fsp3) is 0.629. The van der Waals surface area contributed by atoms with Crippen LogP contribution in [0.2, 0.25) is 0 Å². The second-order valence-electron chi connectivity index (χ2n) is 12.8. The van der Waals surface area contributed by atoms with Crippen LogP contribution >= 0.6 is 30.1 Å². The number of amides is 1. The minimum atomic E-state index is -1.77. The topological polar surface area (TPSA) is 85.4 Å². The molecule has 3 rings (SSSR count). The smallest absolute Gasteiger partial charge is 0.259 e. The van der Waals surface area contributed by atoms with Gasteiger partial charge in [-0.25, -0.2) is 9.06 Å². The first-order valence-corrected chi connectivity index (χ1v) is 19.5. The number of Topliss-reactive ketones (excluding diaryl/α,β-unsaturated/α-hetero) is 1. The number of carbonyl (C=O) groups is 3. The van der Waals surface area contributed by atoms with Crippen LogP contribution < -0.4 is 0 Å². The number of ketones is 2. The Bertz CT molecular complexity index is 1300. The Morgan fingerprint density at radius 1 is 1.23 bits per heavy atom. The quantitative estimate of drug-likeness (QED) is 0.0619. The number of halogens is 1. The molecule has 1 aromatic carbocycles. The maximum Gasteiger partial charge on any atom is 0.259 e. The number of nitrogens with zero attached hydrogens (tertiary/aromatic N) is 2. The van der Waals surface area contributed by atoms with Gasteiger partial charge >= 0.3 is 0 Å². The Labute approximate surface area is 291 Å². The Morgan fingerprint density at radius 3 is 2.57 bits per heavy atom. The molecule has 0 spiro atoms. The number of carbonyl (C=O) groups excluding carboxylic acids is 3. The van der Waals surface area contributed by atoms with E-state index in [2.05, 4.69) is 36.6 Å². The molecule has 0 aliphatic carbocycles. The van der Waals surface area contributed by atoms with E-state index in [0.717, 1.165) is 22.6 Å². The summed E-state index contributed by atoms with van der Waals surface area (Å²) in [5, 5.41) is 0. The molecule has 8 nitrogen and oxygen atoms in total. The normalized spacial score (nSPS) is 22.7. The molecule has 5 unspecified atom stereocenters. The zero-order valence-corrected chi connectivity index (χ0v) is 30.9. The number of terminal acetylenes is 1. The number of benzene rings is 1. The van der Waals surface area contributed by atoms with E-state index >= 15 is 4.39 Å². The van der Waals surface area contributed by atoms with E-state index < -0.39 is 39.0 Å². The highest BCUT2D eigenvalue weighted by Crippen LogP contribution is 2.50. The third-order valence-electron chi connectivity index (χ3n) is 7.78. The van der Waals surface area contributed by atoms with E-state index in [1.54, 1.807) is 21.6 Å². The van der Waals surface area contributed by atoms with Gasteiger partial charge < -0.3 is 13.8 Å². The number of ether oxygens (including phenoxy) is 1. The Hall–Kier alpha value is -1.77. The number of hydrogen-bond donors (Lipinski definition) is 0. The van der Waals surface area contributed by atoms with E-state index in [4.69, 9.17) is 21.6 Å². The van der Waals surface area contributed by atoms with Crippen molar-refractivity contribution in [2.45, 2.75) is 134 Å². The molecule has 1 amide bonds. The van der Waals surface area contributed by atoms with Gasteiger partial charge in [0.1, 0.15) is 11.9 Å². The summed E-state index contributed by atoms with van der Waals surface area (Å²) in [5.74, 6) is 2.63. The first-order valence-electron chi connectivity index (χ1n) is 16.8. The van der Waals surface area contributed by atoms with Gasteiger partial charge in [0.25, 0.3) is 8.53 Å². The molecule has 47 heavy (non-hydrogen) atoms. The maximum absolute atomic E-state index is 16.0. The van der Waals surface area contributed by atoms with Gasteiger partial charge in [0.2, 0.25) is 5.91 Å². The van der Waals surface area contributed by atoms with Crippen molar-refractivity contribution in [3.63, 3.8) is 0 Å². The second kappa shape index (κ2) is 18.8. The summed E-state index contributed by atoms with van der Waals surface area (Å²) in [7, 11) is 1.78. The molecule has 5 atom stereocenters. The highest BCUT2D eigenvalue weighted by atomic mass is 33.1. The fourth-order valence-corrected chi connectivity index (χ4v) is 9.79. The van der Waals surface area contributed by atoms with Crippen LogP contribution in [-0.2, 0) is 40.3 Å². The minimum Gasteiger partial charge on any atom is -0.349 e. The lowest BCUT2D eigenvalue weighted by Crippen LogP contribution is -2.45. The van der Waals surface area contributed by atoms with Gasteiger partial charge in [-0.3, -0.25) is 19.3 Å². The molecule has 1 fully saturated rings. The largest absolute Gasteiger partial charge is 0.349 e.